The van der Waals surface area contributed by atoms with Crippen molar-refractivity contribution in [3.63, 3.8) is 0 Å². The number of hydrogen-bond acceptors (Lipinski definition) is 3. The van der Waals surface area contributed by atoms with Gasteiger partial charge in [-0.1, -0.05) is 13.3 Å². The first-order valence-electron chi connectivity index (χ1n) is 3.09. The molecule has 0 radical (unpaired) electrons. The Balaban J connectivity index is 3.98. The third kappa shape index (κ3) is 2.48. The van der Waals surface area contributed by atoms with Gasteiger partial charge in [0.2, 0.25) is 5.91 Å². The maximum Gasteiger partial charge on any atom is 0.226 e. The normalized spacial score (nSPS) is 12.5. The SMILES string of the molecule is CCCC(C(N)=O)C(=O)[O-]. The van der Waals surface area contributed by atoms with Gasteiger partial charge in [0, 0.05) is 0 Å². The van der Waals surface area contributed by atoms with E-state index in [1.165, 1.54) is 0 Å². The van der Waals surface area contributed by atoms with Crippen molar-refractivity contribution in [2.24, 2.45) is 11.7 Å². The van der Waals surface area contributed by atoms with Gasteiger partial charge in [-0.2, -0.15) is 0 Å². The average Bonchev–Trinajstić information content (AvgIpc) is 1.81. The number of amides is 1. The van der Waals surface area contributed by atoms with Crippen molar-refractivity contribution in [2.45, 2.75) is 19.8 Å². The lowest BCUT2D eigenvalue weighted by molar-refractivity contribution is -0.310. The number of carboxylic acids is 1. The molecule has 4 heteroatoms. The minimum atomic E-state index is -1.38. The number of carbonyl (C=O) groups excluding carboxylic acids is 2. The van der Waals surface area contributed by atoms with Gasteiger partial charge >= 0.3 is 0 Å². The van der Waals surface area contributed by atoms with Crippen LogP contribution in [0.3, 0.4) is 0 Å². The summed E-state index contributed by atoms with van der Waals surface area (Å²) in [5.41, 5.74) is 4.76. The molecular weight excluding hydrogens is 134 g/mol. The molecule has 0 rings (SSSR count). The van der Waals surface area contributed by atoms with E-state index >= 15 is 0 Å². The van der Waals surface area contributed by atoms with Gasteiger partial charge in [0.1, 0.15) is 0 Å². The number of aliphatic carboxylic acids is 1. The fourth-order valence-corrected chi connectivity index (χ4v) is 0.665. The van der Waals surface area contributed by atoms with E-state index < -0.39 is 17.8 Å². The highest BCUT2D eigenvalue weighted by atomic mass is 16.4. The molecule has 1 amide bonds. The molecule has 1 atom stereocenters. The highest BCUT2D eigenvalue weighted by Crippen LogP contribution is 2.03. The van der Waals surface area contributed by atoms with E-state index in [1.807, 2.05) is 0 Å². The van der Waals surface area contributed by atoms with Crippen molar-refractivity contribution < 1.29 is 14.7 Å². The minimum Gasteiger partial charge on any atom is -0.549 e. The molecule has 0 aromatic rings. The topological polar surface area (TPSA) is 83.2 Å². The summed E-state index contributed by atoms with van der Waals surface area (Å²) in [6.07, 6.45) is 0.874. The molecule has 0 aliphatic carbocycles. The first-order chi connectivity index (χ1) is 4.59. The zero-order valence-corrected chi connectivity index (χ0v) is 5.79. The maximum atomic E-state index is 10.3. The average molecular weight is 144 g/mol. The number of primary amides is 1. The molecule has 0 aliphatic heterocycles. The van der Waals surface area contributed by atoms with E-state index in [-0.39, 0.29) is 6.42 Å². The van der Waals surface area contributed by atoms with Crippen LogP contribution < -0.4 is 10.8 Å². The maximum absolute atomic E-state index is 10.3. The fraction of sp³-hybridized carbons (Fsp3) is 0.667. The van der Waals surface area contributed by atoms with E-state index in [2.05, 4.69) is 0 Å². The quantitative estimate of drug-likeness (QED) is 0.494. The molecule has 0 aromatic heterocycles. The minimum absolute atomic E-state index is 0.262. The molecule has 0 spiro atoms. The Labute approximate surface area is 59.0 Å². The third-order valence-corrected chi connectivity index (χ3v) is 1.21. The van der Waals surface area contributed by atoms with Crippen molar-refractivity contribution in [3.8, 4) is 0 Å². The summed E-state index contributed by atoms with van der Waals surface area (Å²) < 4.78 is 0. The summed E-state index contributed by atoms with van der Waals surface area (Å²) in [6, 6.07) is 0. The van der Waals surface area contributed by atoms with Crippen molar-refractivity contribution in [1.29, 1.82) is 0 Å². The van der Waals surface area contributed by atoms with Crippen molar-refractivity contribution in [3.05, 3.63) is 0 Å². The molecule has 2 N–H and O–H groups in total. The van der Waals surface area contributed by atoms with Crippen LogP contribution in [0.4, 0.5) is 0 Å². The van der Waals surface area contributed by atoms with Crippen molar-refractivity contribution in [1.82, 2.24) is 0 Å². The third-order valence-electron chi connectivity index (χ3n) is 1.21. The van der Waals surface area contributed by atoms with Gasteiger partial charge < -0.3 is 15.6 Å². The molecular formula is C6H10NO3-. The number of nitrogens with two attached hydrogens (primary N) is 1. The predicted molar refractivity (Wildman–Crippen MR) is 32.6 cm³/mol. The Morgan fingerprint density at radius 3 is 2.20 bits per heavy atom. The Hall–Kier alpha value is -1.06. The molecule has 0 saturated heterocycles. The Kier molecular flexibility index (Phi) is 3.46. The molecule has 4 nitrogen and oxygen atoms in total. The number of hydrogen-bond donors (Lipinski definition) is 1. The van der Waals surface area contributed by atoms with Crippen LogP contribution in [0, 0.1) is 5.92 Å². The smallest absolute Gasteiger partial charge is 0.226 e. The molecule has 1 unspecified atom stereocenters. The van der Waals surface area contributed by atoms with Gasteiger partial charge in [0.15, 0.2) is 0 Å². The molecule has 10 heavy (non-hydrogen) atoms. The largest absolute Gasteiger partial charge is 0.549 e. The number of carboxylic acid groups (broad SMARTS) is 1. The van der Waals surface area contributed by atoms with Gasteiger partial charge in [0.25, 0.3) is 0 Å². The van der Waals surface area contributed by atoms with Gasteiger partial charge in [-0.15, -0.1) is 0 Å². The second-order valence-corrected chi connectivity index (χ2v) is 2.06. The van der Waals surface area contributed by atoms with Gasteiger partial charge in [-0.25, -0.2) is 0 Å². The Morgan fingerprint density at radius 2 is 2.10 bits per heavy atom. The molecule has 0 aliphatic rings. The molecule has 0 saturated carbocycles. The van der Waals surface area contributed by atoms with Crippen molar-refractivity contribution in [2.75, 3.05) is 0 Å². The van der Waals surface area contributed by atoms with E-state index in [0.717, 1.165) is 0 Å². The highest BCUT2D eigenvalue weighted by molar-refractivity contribution is 5.94. The van der Waals surface area contributed by atoms with Crippen LogP contribution in [0.2, 0.25) is 0 Å². The number of carbonyl (C=O) groups is 2. The first-order valence-corrected chi connectivity index (χ1v) is 3.09. The van der Waals surface area contributed by atoms with Crippen LogP contribution in [0.25, 0.3) is 0 Å². The van der Waals surface area contributed by atoms with Crippen LogP contribution in [-0.4, -0.2) is 11.9 Å². The predicted octanol–water partition coefficient (Wildman–Crippen LogP) is -1.36. The lowest BCUT2D eigenvalue weighted by Crippen LogP contribution is -2.39. The van der Waals surface area contributed by atoms with E-state index in [9.17, 15) is 14.7 Å². The highest BCUT2D eigenvalue weighted by Gasteiger charge is 2.14. The zero-order valence-electron chi connectivity index (χ0n) is 5.79. The van der Waals surface area contributed by atoms with Crippen LogP contribution in [-0.2, 0) is 9.59 Å². The summed E-state index contributed by atoms with van der Waals surface area (Å²) >= 11 is 0. The second kappa shape index (κ2) is 3.87. The lowest BCUT2D eigenvalue weighted by Gasteiger charge is -2.11. The second-order valence-electron chi connectivity index (χ2n) is 2.06. The van der Waals surface area contributed by atoms with Gasteiger partial charge in [-0.3, -0.25) is 4.79 Å². The lowest BCUT2D eigenvalue weighted by atomic mass is 10.0. The summed E-state index contributed by atoms with van der Waals surface area (Å²) in [7, 11) is 0. The summed E-state index contributed by atoms with van der Waals surface area (Å²) in [5.74, 6) is -3.32. The van der Waals surface area contributed by atoms with Crippen LogP contribution in [0.15, 0.2) is 0 Å². The monoisotopic (exact) mass is 144 g/mol. The molecule has 0 aromatic carbocycles. The summed E-state index contributed by atoms with van der Waals surface area (Å²) in [5, 5.41) is 10.1. The molecule has 58 valence electrons. The summed E-state index contributed by atoms with van der Waals surface area (Å²) in [6.45, 7) is 1.78. The molecule has 0 fully saturated rings. The standard InChI is InChI=1S/C6H11NO3/c1-2-3-4(5(7)8)6(9)10/h4H,2-3H2,1H3,(H2,7,8)(H,9,10)/p-1. The van der Waals surface area contributed by atoms with Crippen LogP contribution in [0.1, 0.15) is 19.8 Å². The van der Waals surface area contributed by atoms with Crippen LogP contribution >= 0.6 is 0 Å². The summed E-state index contributed by atoms with van der Waals surface area (Å²) in [4.78, 5) is 20.5. The van der Waals surface area contributed by atoms with E-state index in [4.69, 9.17) is 5.73 Å². The van der Waals surface area contributed by atoms with E-state index in [1.54, 1.807) is 6.92 Å². The Bertz CT molecular complexity index is 130. The Morgan fingerprint density at radius 1 is 1.60 bits per heavy atom. The molecule has 0 bridgehead atoms. The number of rotatable bonds is 4. The van der Waals surface area contributed by atoms with Gasteiger partial charge in [-0.05, 0) is 6.42 Å². The first kappa shape index (κ1) is 8.94. The van der Waals surface area contributed by atoms with Gasteiger partial charge in [0.05, 0.1) is 11.9 Å². The molecule has 0 heterocycles. The van der Waals surface area contributed by atoms with E-state index in [0.29, 0.717) is 6.42 Å². The van der Waals surface area contributed by atoms with Crippen molar-refractivity contribution >= 4 is 11.9 Å². The fourth-order valence-electron chi connectivity index (χ4n) is 0.665. The zero-order chi connectivity index (χ0) is 8.15. The van der Waals surface area contributed by atoms with Crippen LogP contribution in [0.5, 0.6) is 0 Å².